The van der Waals surface area contributed by atoms with E-state index in [1.54, 1.807) is 0 Å². The normalized spacial score (nSPS) is 15.6. The minimum Gasteiger partial charge on any atom is -0.311 e. The number of benzene rings is 1. The van der Waals surface area contributed by atoms with Gasteiger partial charge in [-0.3, -0.25) is 0 Å². The van der Waals surface area contributed by atoms with Gasteiger partial charge in [-0.15, -0.1) is 0 Å². The molecule has 0 heterocycles. The van der Waals surface area contributed by atoms with Crippen molar-refractivity contribution in [3.8, 4) is 0 Å². The molecule has 0 aliphatic carbocycles. The molecule has 1 rings (SSSR count). The van der Waals surface area contributed by atoms with Gasteiger partial charge in [0.15, 0.2) is 0 Å². The summed E-state index contributed by atoms with van der Waals surface area (Å²) in [6.07, 6.45) is 4.99. The SMILES string of the molecule is C=C(C)P(CC(C)(CCCC)NCC)c1ccccc1. The van der Waals surface area contributed by atoms with E-state index in [9.17, 15) is 0 Å². The van der Waals surface area contributed by atoms with Gasteiger partial charge in [0.25, 0.3) is 0 Å². The lowest BCUT2D eigenvalue weighted by atomic mass is 9.97. The molecule has 0 fully saturated rings. The smallest absolute Gasteiger partial charge is 0.0198 e. The Labute approximate surface area is 126 Å². The molecule has 0 saturated heterocycles. The van der Waals surface area contributed by atoms with Crippen molar-refractivity contribution in [1.29, 1.82) is 0 Å². The predicted molar refractivity (Wildman–Crippen MR) is 94.3 cm³/mol. The van der Waals surface area contributed by atoms with Crippen molar-refractivity contribution in [3.63, 3.8) is 0 Å². The molecule has 0 aromatic heterocycles. The van der Waals surface area contributed by atoms with E-state index in [-0.39, 0.29) is 13.5 Å². The first-order valence-electron chi connectivity index (χ1n) is 7.75. The molecule has 0 aliphatic rings. The summed E-state index contributed by atoms with van der Waals surface area (Å²) in [5.41, 5.74) is 0.227. The third-order valence-electron chi connectivity index (χ3n) is 3.72. The number of allylic oxidation sites excluding steroid dienone is 1. The molecule has 20 heavy (non-hydrogen) atoms. The lowest BCUT2D eigenvalue weighted by Gasteiger charge is -2.35. The van der Waals surface area contributed by atoms with E-state index in [4.69, 9.17) is 0 Å². The number of hydrogen-bond donors (Lipinski definition) is 1. The van der Waals surface area contributed by atoms with E-state index in [1.165, 1.54) is 36.0 Å². The van der Waals surface area contributed by atoms with Crippen LogP contribution in [0, 0.1) is 0 Å². The van der Waals surface area contributed by atoms with Crippen molar-refractivity contribution in [2.45, 2.75) is 52.5 Å². The third kappa shape index (κ3) is 5.38. The second kappa shape index (κ2) is 8.60. The van der Waals surface area contributed by atoms with Gasteiger partial charge in [0.05, 0.1) is 0 Å². The summed E-state index contributed by atoms with van der Waals surface area (Å²) in [6.45, 7) is 14.3. The number of rotatable bonds is 9. The van der Waals surface area contributed by atoms with Crippen molar-refractivity contribution >= 4 is 13.2 Å². The molecule has 112 valence electrons. The van der Waals surface area contributed by atoms with Crippen molar-refractivity contribution in [2.75, 3.05) is 12.7 Å². The highest BCUT2D eigenvalue weighted by Gasteiger charge is 2.27. The van der Waals surface area contributed by atoms with Crippen molar-refractivity contribution in [2.24, 2.45) is 0 Å². The molecule has 1 N–H and O–H groups in total. The molecule has 1 aromatic carbocycles. The van der Waals surface area contributed by atoms with Crippen molar-refractivity contribution in [3.05, 3.63) is 42.2 Å². The van der Waals surface area contributed by atoms with E-state index in [0.29, 0.717) is 0 Å². The first-order valence-corrected chi connectivity index (χ1v) is 9.28. The van der Waals surface area contributed by atoms with Crippen LogP contribution in [-0.4, -0.2) is 18.2 Å². The quantitative estimate of drug-likeness (QED) is 0.639. The highest BCUT2D eigenvalue weighted by molar-refractivity contribution is 7.69. The lowest BCUT2D eigenvalue weighted by Crippen LogP contribution is -2.45. The van der Waals surface area contributed by atoms with Gasteiger partial charge < -0.3 is 5.32 Å². The molecule has 0 spiro atoms. The summed E-state index contributed by atoms with van der Waals surface area (Å²) >= 11 is 0. The van der Waals surface area contributed by atoms with Crippen LogP contribution in [0.2, 0.25) is 0 Å². The Morgan fingerprint density at radius 2 is 1.90 bits per heavy atom. The zero-order chi connectivity index (χ0) is 15.0. The molecule has 0 saturated carbocycles. The molecule has 2 unspecified atom stereocenters. The van der Waals surface area contributed by atoms with Crippen LogP contribution in [0.3, 0.4) is 0 Å². The standard InChI is InChI=1S/C18H30NP/c1-6-8-14-18(5,19-7-2)15-20(16(3)4)17-12-10-9-11-13-17/h9-13,19H,3,6-8,14-15H2,1-2,4-5H3. The van der Waals surface area contributed by atoms with Crippen molar-refractivity contribution < 1.29 is 0 Å². The molecule has 2 heteroatoms. The van der Waals surface area contributed by atoms with Gasteiger partial charge >= 0.3 is 0 Å². The lowest BCUT2D eigenvalue weighted by molar-refractivity contribution is 0.366. The maximum Gasteiger partial charge on any atom is 0.0198 e. The fraction of sp³-hybridized carbons (Fsp3) is 0.556. The van der Waals surface area contributed by atoms with Gasteiger partial charge in [0.1, 0.15) is 0 Å². The molecule has 0 aliphatic heterocycles. The Hall–Kier alpha value is -0.650. The van der Waals surface area contributed by atoms with E-state index in [0.717, 1.165) is 6.54 Å². The van der Waals surface area contributed by atoms with E-state index in [2.05, 4.69) is 69.9 Å². The fourth-order valence-corrected chi connectivity index (χ4v) is 5.01. The summed E-state index contributed by atoms with van der Waals surface area (Å²) in [4.78, 5) is 0. The van der Waals surface area contributed by atoms with Gasteiger partial charge in [-0.1, -0.05) is 68.9 Å². The third-order valence-corrected chi connectivity index (χ3v) is 6.58. The largest absolute Gasteiger partial charge is 0.311 e. The van der Waals surface area contributed by atoms with E-state index >= 15 is 0 Å². The van der Waals surface area contributed by atoms with Crippen LogP contribution in [0.4, 0.5) is 0 Å². The second-order valence-electron chi connectivity index (χ2n) is 5.85. The maximum absolute atomic E-state index is 4.26. The van der Waals surface area contributed by atoms with Gasteiger partial charge in [0, 0.05) is 5.54 Å². The Morgan fingerprint density at radius 1 is 1.25 bits per heavy atom. The Bertz CT molecular complexity index is 401. The highest BCUT2D eigenvalue weighted by Crippen LogP contribution is 2.45. The summed E-state index contributed by atoms with van der Waals surface area (Å²) in [5.74, 6) is 0. The molecular weight excluding hydrogens is 261 g/mol. The second-order valence-corrected chi connectivity index (χ2v) is 8.30. The minimum absolute atomic E-state index is 0.227. The van der Waals surface area contributed by atoms with Crippen LogP contribution in [0.1, 0.15) is 47.0 Å². The highest BCUT2D eigenvalue weighted by atomic mass is 31.1. The monoisotopic (exact) mass is 291 g/mol. The molecular formula is C18H30NP. The van der Waals surface area contributed by atoms with Gasteiger partial charge in [-0.25, -0.2) is 0 Å². The van der Waals surface area contributed by atoms with Gasteiger partial charge in [-0.05, 0) is 46.2 Å². The zero-order valence-electron chi connectivity index (χ0n) is 13.6. The van der Waals surface area contributed by atoms with Crippen LogP contribution < -0.4 is 10.6 Å². The maximum atomic E-state index is 4.26. The number of hydrogen-bond acceptors (Lipinski definition) is 1. The summed E-state index contributed by atoms with van der Waals surface area (Å²) < 4.78 is 0. The average molecular weight is 291 g/mol. The zero-order valence-corrected chi connectivity index (χ0v) is 14.5. The van der Waals surface area contributed by atoms with Crippen LogP contribution >= 0.6 is 7.92 Å². The Kier molecular flexibility index (Phi) is 7.48. The molecule has 1 aromatic rings. The van der Waals surface area contributed by atoms with Crippen LogP contribution in [0.5, 0.6) is 0 Å². The van der Waals surface area contributed by atoms with Gasteiger partial charge in [-0.2, -0.15) is 0 Å². The fourth-order valence-electron chi connectivity index (χ4n) is 2.62. The van der Waals surface area contributed by atoms with E-state index in [1.807, 2.05) is 0 Å². The molecule has 1 nitrogen and oxygen atoms in total. The van der Waals surface area contributed by atoms with Crippen LogP contribution in [0.15, 0.2) is 42.2 Å². The number of unbranched alkanes of at least 4 members (excludes halogenated alkanes) is 1. The molecule has 0 bridgehead atoms. The van der Waals surface area contributed by atoms with E-state index < -0.39 is 0 Å². The van der Waals surface area contributed by atoms with Gasteiger partial charge in [0.2, 0.25) is 0 Å². The Morgan fingerprint density at radius 3 is 2.40 bits per heavy atom. The molecule has 0 amide bonds. The first-order chi connectivity index (χ1) is 9.52. The molecule has 2 atom stereocenters. The summed E-state index contributed by atoms with van der Waals surface area (Å²) in [7, 11) is -0.288. The number of nitrogens with one attached hydrogen (secondary N) is 1. The Balaban J connectivity index is 2.89. The topological polar surface area (TPSA) is 12.0 Å². The summed E-state index contributed by atoms with van der Waals surface area (Å²) in [5, 5.41) is 6.50. The van der Waals surface area contributed by atoms with Crippen LogP contribution in [-0.2, 0) is 0 Å². The predicted octanol–water partition coefficient (Wildman–Crippen LogP) is 4.89. The van der Waals surface area contributed by atoms with Crippen LogP contribution in [0.25, 0.3) is 0 Å². The first kappa shape index (κ1) is 17.4. The van der Waals surface area contributed by atoms with Crippen molar-refractivity contribution in [1.82, 2.24) is 5.32 Å². The minimum atomic E-state index is -0.288. The average Bonchev–Trinajstić information content (AvgIpc) is 2.44. The molecule has 0 radical (unpaired) electrons. The summed E-state index contributed by atoms with van der Waals surface area (Å²) in [6, 6.07) is 10.9.